The van der Waals surface area contributed by atoms with Crippen LogP contribution in [0.5, 0.6) is 0 Å². The molecule has 3 nitrogen and oxygen atoms in total. The van der Waals surface area contributed by atoms with E-state index in [0.29, 0.717) is 6.07 Å². The first-order valence-corrected chi connectivity index (χ1v) is 5.40. The summed E-state index contributed by atoms with van der Waals surface area (Å²) in [6.45, 7) is 0. The Morgan fingerprint density at radius 3 is 2.39 bits per heavy atom. The highest BCUT2D eigenvalue weighted by molar-refractivity contribution is 14.1. The zero-order chi connectivity index (χ0) is 14.1. The highest BCUT2D eigenvalue weighted by Gasteiger charge is 2.40. The Balaban J connectivity index is 3.55. The first-order chi connectivity index (χ1) is 8.18. The maximum absolute atomic E-state index is 12.6. The summed E-state index contributed by atoms with van der Waals surface area (Å²) in [5.41, 5.74) is -3.58. The van der Waals surface area contributed by atoms with Gasteiger partial charge in [0.15, 0.2) is 5.69 Å². The molecule has 1 heterocycles. The molecule has 18 heavy (non-hydrogen) atoms. The maximum atomic E-state index is 12.6. The summed E-state index contributed by atoms with van der Waals surface area (Å²) in [7, 11) is 0.888. The number of esters is 1. The predicted molar refractivity (Wildman–Crippen MR) is 58.3 cm³/mol. The lowest BCUT2D eigenvalue weighted by Crippen LogP contribution is -2.19. The molecule has 9 heteroatoms. The van der Waals surface area contributed by atoms with E-state index in [2.05, 4.69) is 9.72 Å². The lowest BCUT2D eigenvalue weighted by Gasteiger charge is -2.13. The van der Waals surface area contributed by atoms with Crippen molar-refractivity contribution in [3.05, 3.63) is 26.6 Å². The smallest absolute Gasteiger partial charge is 0.434 e. The molecule has 0 N–H and O–H groups in total. The Morgan fingerprint density at radius 1 is 1.44 bits per heavy atom. The number of hydrogen-bond acceptors (Lipinski definition) is 3. The van der Waals surface area contributed by atoms with Crippen LogP contribution in [0.15, 0.2) is 6.07 Å². The molecule has 0 spiro atoms. The average molecular weight is 381 g/mol. The summed E-state index contributed by atoms with van der Waals surface area (Å²) < 4.78 is 66.6. The second-order valence-corrected chi connectivity index (χ2v) is 4.20. The lowest BCUT2D eigenvalue weighted by molar-refractivity contribution is -0.142. The minimum absolute atomic E-state index is 0.294. The van der Waals surface area contributed by atoms with Crippen molar-refractivity contribution in [2.75, 3.05) is 7.11 Å². The van der Waals surface area contributed by atoms with E-state index in [1.54, 1.807) is 0 Å². The number of pyridine rings is 1. The van der Waals surface area contributed by atoms with Gasteiger partial charge in [-0.25, -0.2) is 18.6 Å². The van der Waals surface area contributed by atoms with E-state index in [-0.39, 0.29) is 3.57 Å². The third kappa shape index (κ3) is 3.06. The van der Waals surface area contributed by atoms with Gasteiger partial charge in [-0.3, -0.25) is 0 Å². The summed E-state index contributed by atoms with van der Waals surface area (Å²) in [5.74, 6) is -1.28. The van der Waals surface area contributed by atoms with Crippen LogP contribution in [0, 0.1) is 3.57 Å². The van der Waals surface area contributed by atoms with Crippen molar-refractivity contribution in [2.45, 2.75) is 12.6 Å². The minimum Gasteiger partial charge on any atom is -0.465 e. The zero-order valence-corrected chi connectivity index (χ0v) is 10.8. The van der Waals surface area contributed by atoms with Gasteiger partial charge >= 0.3 is 12.1 Å². The van der Waals surface area contributed by atoms with E-state index in [0.717, 1.165) is 7.11 Å². The van der Waals surface area contributed by atoms with E-state index >= 15 is 0 Å². The van der Waals surface area contributed by atoms with Crippen molar-refractivity contribution in [2.24, 2.45) is 0 Å². The van der Waals surface area contributed by atoms with Crippen LogP contribution in [0.25, 0.3) is 0 Å². The van der Waals surface area contributed by atoms with E-state index in [1.807, 2.05) is 0 Å². The number of ether oxygens (including phenoxy) is 1. The molecule has 0 aliphatic carbocycles. The number of nitrogens with zero attached hydrogens (tertiary/aromatic N) is 1. The number of carbonyl (C=O) groups excluding carboxylic acids is 1. The van der Waals surface area contributed by atoms with Gasteiger partial charge in [-0.15, -0.1) is 0 Å². The molecular weight excluding hydrogens is 376 g/mol. The maximum Gasteiger partial charge on any atom is 0.434 e. The number of methoxy groups -OCH3 is 1. The fourth-order valence-corrected chi connectivity index (χ4v) is 1.94. The monoisotopic (exact) mass is 381 g/mol. The van der Waals surface area contributed by atoms with Gasteiger partial charge in [-0.2, -0.15) is 13.2 Å². The molecule has 0 unspecified atom stereocenters. The van der Waals surface area contributed by atoms with E-state index in [1.165, 1.54) is 22.6 Å². The summed E-state index contributed by atoms with van der Waals surface area (Å²) in [4.78, 5) is 14.0. The van der Waals surface area contributed by atoms with Crippen LogP contribution in [-0.2, 0) is 10.9 Å². The molecule has 0 radical (unpaired) electrons. The SMILES string of the molecule is COC(=O)c1c(I)cc(C(F)F)nc1C(F)(F)F. The molecule has 0 amide bonds. The number of rotatable bonds is 2. The largest absolute Gasteiger partial charge is 0.465 e. The summed E-state index contributed by atoms with van der Waals surface area (Å²) in [6.07, 6.45) is -8.18. The Kier molecular flexibility index (Phi) is 4.46. The number of carbonyl (C=O) groups is 1. The quantitative estimate of drug-likeness (QED) is 0.448. The van der Waals surface area contributed by atoms with Crippen LogP contribution < -0.4 is 0 Å². The highest BCUT2D eigenvalue weighted by atomic mass is 127. The van der Waals surface area contributed by atoms with Crippen molar-refractivity contribution in [3.8, 4) is 0 Å². The van der Waals surface area contributed by atoms with Gasteiger partial charge < -0.3 is 4.74 Å². The molecule has 0 atom stereocenters. The molecule has 0 saturated heterocycles. The molecule has 0 fully saturated rings. The van der Waals surface area contributed by atoms with Gasteiger partial charge in [0.25, 0.3) is 6.43 Å². The predicted octanol–water partition coefficient (Wildman–Crippen LogP) is 3.43. The number of hydrogen-bond donors (Lipinski definition) is 0. The second kappa shape index (κ2) is 5.33. The average Bonchev–Trinajstić information content (AvgIpc) is 2.25. The third-order valence-electron chi connectivity index (χ3n) is 1.87. The zero-order valence-electron chi connectivity index (χ0n) is 8.69. The van der Waals surface area contributed by atoms with Gasteiger partial charge in [-0.1, -0.05) is 0 Å². The molecule has 1 aromatic rings. The van der Waals surface area contributed by atoms with E-state index in [9.17, 15) is 26.7 Å². The molecule has 0 bridgehead atoms. The number of alkyl halides is 5. The van der Waals surface area contributed by atoms with Gasteiger partial charge in [0.1, 0.15) is 11.3 Å². The van der Waals surface area contributed by atoms with Crippen LogP contribution in [0.4, 0.5) is 22.0 Å². The first-order valence-electron chi connectivity index (χ1n) is 4.32. The molecule has 100 valence electrons. The third-order valence-corrected chi connectivity index (χ3v) is 2.72. The molecule has 0 aromatic carbocycles. The van der Waals surface area contributed by atoms with Crippen molar-refractivity contribution in [1.82, 2.24) is 4.98 Å². The van der Waals surface area contributed by atoms with Crippen molar-refractivity contribution >= 4 is 28.6 Å². The molecule has 1 rings (SSSR count). The van der Waals surface area contributed by atoms with Crippen LogP contribution in [0.2, 0.25) is 0 Å². The lowest BCUT2D eigenvalue weighted by atomic mass is 10.1. The molecular formula is C9H5F5INO2. The highest BCUT2D eigenvalue weighted by Crippen LogP contribution is 2.34. The van der Waals surface area contributed by atoms with E-state index < -0.39 is 35.5 Å². The summed E-state index contributed by atoms with van der Waals surface area (Å²) in [6, 6.07) is 0.715. The summed E-state index contributed by atoms with van der Waals surface area (Å²) in [5, 5.41) is 0. The van der Waals surface area contributed by atoms with Gasteiger partial charge in [0.05, 0.1) is 7.11 Å². The van der Waals surface area contributed by atoms with Crippen LogP contribution in [-0.4, -0.2) is 18.1 Å². The standard InChI is InChI=1S/C9H5F5INO2/c1-18-8(17)5-3(15)2-4(7(10)11)16-6(5)9(12,13)14/h2,7H,1H3. The van der Waals surface area contributed by atoms with Gasteiger partial charge in [0, 0.05) is 3.57 Å². The van der Waals surface area contributed by atoms with Gasteiger partial charge in [0.2, 0.25) is 0 Å². The van der Waals surface area contributed by atoms with Crippen LogP contribution in [0.3, 0.4) is 0 Å². The molecule has 0 aliphatic heterocycles. The Hall–Kier alpha value is -1.00. The van der Waals surface area contributed by atoms with E-state index in [4.69, 9.17) is 0 Å². The molecule has 0 aliphatic rings. The van der Waals surface area contributed by atoms with Crippen LogP contribution in [0.1, 0.15) is 28.2 Å². The minimum atomic E-state index is -5.02. The Labute approximate surface area is 111 Å². The topological polar surface area (TPSA) is 39.2 Å². The van der Waals surface area contributed by atoms with Crippen molar-refractivity contribution < 1.29 is 31.5 Å². The fraction of sp³-hybridized carbons (Fsp3) is 0.333. The summed E-state index contributed by atoms with van der Waals surface area (Å²) >= 11 is 1.35. The Morgan fingerprint density at radius 2 is 2.00 bits per heavy atom. The van der Waals surface area contributed by atoms with Crippen molar-refractivity contribution in [3.63, 3.8) is 0 Å². The van der Waals surface area contributed by atoms with Crippen molar-refractivity contribution in [1.29, 1.82) is 0 Å². The van der Waals surface area contributed by atoms with Crippen LogP contribution >= 0.6 is 22.6 Å². The Bertz CT molecular complexity index is 475. The number of halogens is 6. The molecule has 1 aromatic heterocycles. The van der Waals surface area contributed by atoms with Gasteiger partial charge in [-0.05, 0) is 28.7 Å². The number of aromatic nitrogens is 1. The fourth-order valence-electron chi connectivity index (χ4n) is 1.15. The second-order valence-electron chi connectivity index (χ2n) is 3.04. The molecule has 0 saturated carbocycles. The normalized spacial score (nSPS) is 11.8. The first kappa shape index (κ1) is 15.1.